The van der Waals surface area contributed by atoms with Crippen molar-refractivity contribution in [1.29, 1.82) is 10.5 Å². The Kier molecular flexibility index (Phi) is 6.39. The zero-order chi connectivity index (χ0) is 21.0. The van der Waals surface area contributed by atoms with Gasteiger partial charge in [0.1, 0.15) is 23.0 Å². The van der Waals surface area contributed by atoms with Crippen molar-refractivity contribution < 1.29 is 8.78 Å². The second-order valence-corrected chi connectivity index (χ2v) is 8.39. The van der Waals surface area contributed by atoms with Gasteiger partial charge in [-0.05, 0) is 24.5 Å². The number of nitrogens with zero attached hydrogens (tertiary/aromatic N) is 4. The molecule has 1 aromatic carbocycles. The van der Waals surface area contributed by atoms with Gasteiger partial charge in [0.25, 0.3) is 5.92 Å². The van der Waals surface area contributed by atoms with Crippen molar-refractivity contribution in [3.05, 3.63) is 52.6 Å². The number of piperidine rings is 1. The van der Waals surface area contributed by atoms with E-state index in [-0.39, 0.29) is 31.2 Å². The van der Waals surface area contributed by atoms with Gasteiger partial charge >= 0.3 is 0 Å². The second-order valence-electron chi connectivity index (χ2n) is 7.06. The van der Waals surface area contributed by atoms with E-state index in [1.807, 2.05) is 44.2 Å². The summed E-state index contributed by atoms with van der Waals surface area (Å²) in [4.78, 5) is 6.42. The Hall–Kier alpha value is -2.64. The van der Waals surface area contributed by atoms with E-state index in [1.165, 1.54) is 11.8 Å². The first-order valence-corrected chi connectivity index (χ1v) is 10.5. The zero-order valence-electron chi connectivity index (χ0n) is 16.5. The molecule has 2 heterocycles. The number of thioether (sulfide) groups is 1. The number of hydrogen-bond donors (Lipinski definition) is 0. The molecule has 1 atom stereocenters. The van der Waals surface area contributed by atoms with E-state index in [9.17, 15) is 19.3 Å². The summed E-state index contributed by atoms with van der Waals surface area (Å²) in [6, 6.07) is 14.3. The van der Waals surface area contributed by atoms with Crippen molar-refractivity contribution in [1.82, 2.24) is 4.98 Å². The Morgan fingerprint density at radius 1 is 1.14 bits per heavy atom. The molecule has 1 unspecified atom stereocenters. The molecule has 0 N–H and O–H groups in total. The highest BCUT2D eigenvalue weighted by atomic mass is 32.2. The van der Waals surface area contributed by atoms with Crippen LogP contribution >= 0.6 is 11.8 Å². The maximum Gasteiger partial charge on any atom is 0.251 e. The molecule has 1 saturated heterocycles. The molecule has 0 aliphatic carbocycles. The summed E-state index contributed by atoms with van der Waals surface area (Å²) in [5, 5.41) is 20.1. The Morgan fingerprint density at radius 2 is 1.76 bits per heavy atom. The molecule has 0 saturated carbocycles. The van der Waals surface area contributed by atoms with E-state index in [2.05, 4.69) is 17.1 Å². The molecule has 1 fully saturated rings. The summed E-state index contributed by atoms with van der Waals surface area (Å²) in [5.74, 6) is -2.26. The van der Waals surface area contributed by atoms with Crippen molar-refractivity contribution in [2.24, 2.45) is 0 Å². The minimum atomic E-state index is -2.68. The number of aromatic nitrogens is 1. The van der Waals surface area contributed by atoms with Crippen molar-refractivity contribution in [3.8, 4) is 12.1 Å². The average Bonchev–Trinajstić information content (AvgIpc) is 2.73. The second kappa shape index (κ2) is 8.80. The monoisotopic (exact) mass is 412 g/mol. The van der Waals surface area contributed by atoms with Crippen molar-refractivity contribution >= 4 is 17.6 Å². The normalized spacial score (nSPS) is 16.7. The molecule has 150 valence electrons. The number of anilines is 1. The number of hydrogen-bond acceptors (Lipinski definition) is 5. The van der Waals surface area contributed by atoms with Gasteiger partial charge in [0.05, 0.1) is 11.1 Å². The lowest BCUT2D eigenvalue weighted by Crippen LogP contribution is -2.40. The summed E-state index contributed by atoms with van der Waals surface area (Å²) in [6.07, 6.45) is -0.0214. The van der Waals surface area contributed by atoms with Gasteiger partial charge in [-0.3, -0.25) is 0 Å². The van der Waals surface area contributed by atoms with E-state index in [0.29, 0.717) is 34.0 Å². The fraction of sp³-hybridized carbons (Fsp3) is 0.409. The Bertz CT molecular complexity index is 954. The summed E-state index contributed by atoms with van der Waals surface area (Å²) in [7, 11) is 0. The molecule has 4 nitrogen and oxygen atoms in total. The van der Waals surface area contributed by atoms with Crippen LogP contribution in [0.5, 0.6) is 0 Å². The van der Waals surface area contributed by atoms with E-state index in [1.54, 1.807) is 4.90 Å². The molecule has 1 aliphatic heterocycles. The lowest BCUT2D eigenvalue weighted by molar-refractivity contribution is -0.0221. The smallest absolute Gasteiger partial charge is 0.251 e. The lowest BCUT2D eigenvalue weighted by atomic mass is 10.0. The topological polar surface area (TPSA) is 63.7 Å². The number of alkyl halides is 2. The summed E-state index contributed by atoms with van der Waals surface area (Å²) in [6.45, 7) is 4.21. The maximum absolute atomic E-state index is 13.6. The quantitative estimate of drug-likeness (QED) is 0.609. The van der Waals surface area contributed by atoms with Crippen molar-refractivity contribution in [2.45, 2.75) is 49.3 Å². The van der Waals surface area contributed by atoms with Crippen LogP contribution in [0, 0.1) is 22.7 Å². The highest BCUT2D eigenvalue weighted by Crippen LogP contribution is 2.40. The largest absolute Gasteiger partial charge is 0.355 e. The van der Waals surface area contributed by atoms with Gasteiger partial charge in [-0.25, -0.2) is 13.8 Å². The van der Waals surface area contributed by atoms with Crippen LogP contribution in [0.4, 0.5) is 14.6 Å². The minimum absolute atomic E-state index is 0.0481. The van der Waals surface area contributed by atoms with Crippen LogP contribution in [0.1, 0.15) is 54.2 Å². The summed E-state index contributed by atoms with van der Waals surface area (Å²) >= 11 is 1.46. The number of halogens is 2. The van der Waals surface area contributed by atoms with Crippen LogP contribution in [0.2, 0.25) is 0 Å². The van der Waals surface area contributed by atoms with Crippen LogP contribution in [0.3, 0.4) is 0 Å². The summed E-state index contributed by atoms with van der Waals surface area (Å²) in [5.41, 5.74) is 2.47. The first-order chi connectivity index (χ1) is 13.9. The molecule has 7 heteroatoms. The SMILES string of the molecule is CCc1c(C#N)c(SC(C)c2ccccc2)nc(N2CCC(F)(F)CC2)c1C#N. The molecule has 1 aliphatic rings. The van der Waals surface area contributed by atoms with Gasteiger partial charge in [0.2, 0.25) is 0 Å². The van der Waals surface area contributed by atoms with Crippen LogP contribution in [0.25, 0.3) is 0 Å². The number of pyridine rings is 1. The number of benzene rings is 1. The minimum Gasteiger partial charge on any atom is -0.355 e. The van der Waals surface area contributed by atoms with E-state index in [0.717, 1.165) is 5.56 Å². The first kappa shape index (κ1) is 21.1. The van der Waals surface area contributed by atoms with Gasteiger partial charge in [-0.2, -0.15) is 10.5 Å². The molecule has 3 rings (SSSR count). The average molecular weight is 413 g/mol. The molecule has 29 heavy (non-hydrogen) atoms. The molecule has 0 radical (unpaired) electrons. The maximum atomic E-state index is 13.6. The van der Waals surface area contributed by atoms with Crippen LogP contribution in [-0.2, 0) is 6.42 Å². The van der Waals surface area contributed by atoms with Crippen molar-refractivity contribution in [3.63, 3.8) is 0 Å². The molecule has 2 aromatic rings. The van der Waals surface area contributed by atoms with Gasteiger partial charge in [0.15, 0.2) is 0 Å². The van der Waals surface area contributed by atoms with Gasteiger partial charge in [-0.15, -0.1) is 0 Å². The van der Waals surface area contributed by atoms with Gasteiger partial charge in [-0.1, -0.05) is 49.0 Å². The predicted molar refractivity (Wildman–Crippen MR) is 110 cm³/mol. The van der Waals surface area contributed by atoms with E-state index < -0.39 is 5.92 Å². The fourth-order valence-electron chi connectivity index (χ4n) is 3.50. The fourth-order valence-corrected chi connectivity index (χ4v) is 4.56. The van der Waals surface area contributed by atoms with E-state index >= 15 is 0 Å². The molecule has 0 amide bonds. The third kappa shape index (κ3) is 4.52. The first-order valence-electron chi connectivity index (χ1n) is 9.61. The number of rotatable bonds is 5. The van der Waals surface area contributed by atoms with Gasteiger partial charge < -0.3 is 4.90 Å². The molecule has 1 aromatic heterocycles. The third-order valence-corrected chi connectivity index (χ3v) is 6.32. The standard InChI is InChI=1S/C22H22F2N4S/c1-3-17-18(13-25)20(28-11-9-22(23,24)10-12-28)27-21(19(17)14-26)29-15(2)16-7-5-4-6-8-16/h4-8,15H,3,9-12H2,1-2H3. The van der Waals surface area contributed by atoms with Crippen LogP contribution < -0.4 is 4.90 Å². The number of nitriles is 2. The predicted octanol–water partition coefficient (Wildman–Crippen LogP) is 5.48. The lowest BCUT2D eigenvalue weighted by Gasteiger charge is -2.33. The van der Waals surface area contributed by atoms with Crippen LogP contribution in [0.15, 0.2) is 35.4 Å². The molecule has 0 spiro atoms. The van der Waals surface area contributed by atoms with Crippen LogP contribution in [-0.4, -0.2) is 24.0 Å². The molecule has 0 bridgehead atoms. The molecular formula is C22H22F2N4S. The van der Waals surface area contributed by atoms with Crippen molar-refractivity contribution in [2.75, 3.05) is 18.0 Å². The third-order valence-electron chi connectivity index (χ3n) is 5.18. The highest BCUT2D eigenvalue weighted by molar-refractivity contribution is 7.99. The molecular weight excluding hydrogens is 390 g/mol. The Balaban J connectivity index is 2.04. The zero-order valence-corrected chi connectivity index (χ0v) is 17.3. The summed E-state index contributed by atoms with van der Waals surface area (Å²) < 4.78 is 27.2. The Morgan fingerprint density at radius 3 is 2.31 bits per heavy atom. The Labute approximate surface area is 174 Å². The highest BCUT2D eigenvalue weighted by Gasteiger charge is 2.36. The van der Waals surface area contributed by atoms with E-state index in [4.69, 9.17) is 0 Å². The van der Waals surface area contributed by atoms with Gasteiger partial charge in [0, 0.05) is 31.2 Å².